The number of anilines is 1. The highest BCUT2D eigenvalue weighted by atomic mass is 19.1. The third kappa shape index (κ3) is 2.53. The van der Waals surface area contributed by atoms with Gasteiger partial charge in [-0.05, 0) is 42.3 Å². The van der Waals surface area contributed by atoms with Crippen LogP contribution in [0.15, 0.2) is 79.3 Å². The Bertz CT molecular complexity index is 1160. The Morgan fingerprint density at radius 1 is 0.929 bits per heavy atom. The van der Waals surface area contributed by atoms with E-state index in [-0.39, 0.29) is 5.91 Å². The van der Waals surface area contributed by atoms with Gasteiger partial charge >= 0.3 is 0 Å². The molecule has 138 valence electrons. The van der Waals surface area contributed by atoms with Crippen LogP contribution in [-0.2, 0) is 6.42 Å². The number of fused-ring (bicyclic) bond motifs is 1. The van der Waals surface area contributed by atoms with E-state index in [4.69, 9.17) is 0 Å². The predicted octanol–water partition coefficient (Wildman–Crippen LogP) is 4.01. The summed E-state index contributed by atoms with van der Waals surface area (Å²) < 4.78 is 17.7. The van der Waals surface area contributed by atoms with Crippen LogP contribution in [0.3, 0.4) is 0 Å². The summed E-state index contributed by atoms with van der Waals surface area (Å²) >= 11 is 0. The summed E-state index contributed by atoms with van der Waals surface area (Å²) in [5.41, 5.74) is 2.80. The number of halogens is 1. The standard InChI is InChI=1S/C22H17FN4O/c23-18-8-2-4-10-20(18)27-21(25-12-5-6-13-25)17(15-24-27)22(28)26-14-11-16-7-1-3-9-19(16)26/h1-10,12-13,15H,11,14H2. The van der Waals surface area contributed by atoms with E-state index in [9.17, 15) is 9.18 Å². The number of aromatic nitrogens is 3. The minimum absolute atomic E-state index is 0.142. The minimum atomic E-state index is -0.399. The number of hydrogen-bond acceptors (Lipinski definition) is 2. The lowest BCUT2D eigenvalue weighted by Crippen LogP contribution is -2.29. The Morgan fingerprint density at radius 2 is 1.64 bits per heavy atom. The zero-order chi connectivity index (χ0) is 19.1. The Hall–Kier alpha value is -3.67. The lowest BCUT2D eigenvalue weighted by molar-refractivity contribution is 0.0989. The summed E-state index contributed by atoms with van der Waals surface area (Å²) in [7, 11) is 0. The van der Waals surface area contributed by atoms with Gasteiger partial charge in [-0.3, -0.25) is 4.79 Å². The van der Waals surface area contributed by atoms with Gasteiger partial charge in [-0.1, -0.05) is 30.3 Å². The maximum absolute atomic E-state index is 14.4. The summed E-state index contributed by atoms with van der Waals surface area (Å²) in [6.45, 7) is 0.619. The van der Waals surface area contributed by atoms with Crippen molar-refractivity contribution in [1.29, 1.82) is 0 Å². The molecular weight excluding hydrogens is 355 g/mol. The average Bonchev–Trinajstić information content (AvgIpc) is 3.46. The second kappa shape index (κ2) is 6.49. The highest BCUT2D eigenvalue weighted by Gasteiger charge is 2.29. The number of para-hydroxylation sites is 2. The molecule has 0 spiro atoms. The average molecular weight is 372 g/mol. The van der Waals surface area contributed by atoms with Crippen molar-refractivity contribution in [2.75, 3.05) is 11.4 Å². The molecule has 6 heteroatoms. The summed E-state index contributed by atoms with van der Waals surface area (Å²) in [6, 6.07) is 18.0. The zero-order valence-corrected chi connectivity index (χ0v) is 15.0. The molecule has 0 fully saturated rings. The Labute approximate surface area is 161 Å². The van der Waals surface area contributed by atoms with Gasteiger partial charge in [-0.2, -0.15) is 5.10 Å². The number of carbonyl (C=O) groups is 1. The number of carbonyl (C=O) groups excluding carboxylic acids is 1. The fourth-order valence-corrected chi connectivity index (χ4v) is 3.71. The van der Waals surface area contributed by atoms with E-state index >= 15 is 0 Å². The highest BCUT2D eigenvalue weighted by molar-refractivity contribution is 6.09. The summed E-state index contributed by atoms with van der Waals surface area (Å²) in [5, 5.41) is 4.36. The molecule has 5 rings (SSSR count). The first-order valence-corrected chi connectivity index (χ1v) is 9.10. The smallest absolute Gasteiger partial charge is 0.263 e. The molecule has 5 nitrogen and oxygen atoms in total. The first-order chi connectivity index (χ1) is 13.7. The highest BCUT2D eigenvalue weighted by Crippen LogP contribution is 2.31. The van der Waals surface area contributed by atoms with Crippen LogP contribution in [0.1, 0.15) is 15.9 Å². The molecule has 1 amide bonds. The molecule has 0 N–H and O–H groups in total. The first kappa shape index (κ1) is 16.5. The normalized spacial score (nSPS) is 13.0. The van der Waals surface area contributed by atoms with Gasteiger partial charge in [0.25, 0.3) is 5.91 Å². The van der Waals surface area contributed by atoms with Crippen molar-refractivity contribution in [2.45, 2.75) is 6.42 Å². The molecule has 2 aromatic heterocycles. The third-order valence-corrected chi connectivity index (χ3v) is 5.04. The molecule has 4 aromatic rings. The molecule has 0 saturated heterocycles. The third-order valence-electron chi connectivity index (χ3n) is 5.04. The van der Waals surface area contributed by atoms with Gasteiger partial charge in [0.1, 0.15) is 17.1 Å². The molecule has 2 aromatic carbocycles. The Morgan fingerprint density at radius 3 is 2.43 bits per heavy atom. The van der Waals surface area contributed by atoms with Crippen molar-refractivity contribution in [3.05, 3.63) is 96.2 Å². The summed E-state index contributed by atoms with van der Waals surface area (Å²) in [5.74, 6) is -0.0229. The monoisotopic (exact) mass is 372 g/mol. The first-order valence-electron chi connectivity index (χ1n) is 9.10. The number of hydrogen-bond donors (Lipinski definition) is 0. The molecule has 28 heavy (non-hydrogen) atoms. The summed E-state index contributed by atoms with van der Waals surface area (Å²) in [6.07, 6.45) is 5.99. The van der Waals surface area contributed by atoms with E-state index in [1.54, 1.807) is 27.7 Å². The van der Waals surface area contributed by atoms with Crippen LogP contribution < -0.4 is 4.90 Å². The fraction of sp³-hybridized carbons (Fsp3) is 0.0909. The molecule has 0 atom stereocenters. The molecule has 0 radical (unpaired) electrons. The molecule has 1 aliphatic heterocycles. The molecule has 0 saturated carbocycles. The number of nitrogens with zero attached hydrogens (tertiary/aromatic N) is 4. The van der Waals surface area contributed by atoms with E-state index in [2.05, 4.69) is 5.10 Å². The van der Waals surface area contributed by atoms with E-state index in [1.807, 2.05) is 48.8 Å². The second-order valence-electron chi connectivity index (χ2n) is 6.67. The van der Waals surface area contributed by atoms with Gasteiger partial charge in [0, 0.05) is 24.6 Å². The van der Waals surface area contributed by atoms with E-state index in [0.29, 0.717) is 23.6 Å². The van der Waals surface area contributed by atoms with E-state index in [1.165, 1.54) is 16.9 Å². The quantitative estimate of drug-likeness (QED) is 0.545. The molecule has 1 aliphatic rings. The lowest BCUT2D eigenvalue weighted by Gasteiger charge is -2.18. The van der Waals surface area contributed by atoms with Crippen LogP contribution in [-0.4, -0.2) is 26.8 Å². The van der Waals surface area contributed by atoms with Crippen LogP contribution in [0.5, 0.6) is 0 Å². The largest absolute Gasteiger partial charge is 0.308 e. The van der Waals surface area contributed by atoms with Crippen LogP contribution >= 0.6 is 0 Å². The molecule has 3 heterocycles. The van der Waals surface area contributed by atoms with Crippen molar-refractivity contribution in [2.24, 2.45) is 0 Å². The summed E-state index contributed by atoms with van der Waals surface area (Å²) in [4.78, 5) is 15.2. The van der Waals surface area contributed by atoms with Crippen LogP contribution in [0.4, 0.5) is 10.1 Å². The Kier molecular flexibility index (Phi) is 3.83. The second-order valence-corrected chi connectivity index (χ2v) is 6.67. The molecule has 0 aliphatic carbocycles. The van der Waals surface area contributed by atoms with Gasteiger partial charge in [0.05, 0.1) is 6.20 Å². The van der Waals surface area contributed by atoms with Gasteiger partial charge in [-0.15, -0.1) is 0 Å². The maximum atomic E-state index is 14.4. The van der Waals surface area contributed by atoms with E-state index in [0.717, 1.165) is 17.7 Å². The van der Waals surface area contributed by atoms with Crippen molar-refractivity contribution in [3.8, 4) is 11.5 Å². The molecular formula is C22H17FN4O. The van der Waals surface area contributed by atoms with Crippen molar-refractivity contribution in [3.63, 3.8) is 0 Å². The Balaban J connectivity index is 1.65. The van der Waals surface area contributed by atoms with E-state index < -0.39 is 5.82 Å². The zero-order valence-electron chi connectivity index (χ0n) is 15.0. The molecule has 0 unspecified atom stereocenters. The van der Waals surface area contributed by atoms with Crippen molar-refractivity contribution in [1.82, 2.24) is 14.3 Å². The number of amides is 1. The number of benzene rings is 2. The topological polar surface area (TPSA) is 43.1 Å². The maximum Gasteiger partial charge on any atom is 0.263 e. The van der Waals surface area contributed by atoms with Crippen LogP contribution in [0.25, 0.3) is 11.5 Å². The molecule has 0 bridgehead atoms. The van der Waals surface area contributed by atoms with Crippen LogP contribution in [0, 0.1) is 5.82 Å². The SMILES string of the molecule is O=C(c1cnn(-c2ccccc2F)c1-n1cccc1)N1CCc2ccccc21. The lowest BCUT2D eigenvalue weighted by atomic mass is 10.2. The van der Waals surface area contributed by atoms with Gasteiger partial charge in [0.2, 0.25) is 0 Å². The van der Waals surface area contributed by atoms with Gasteiger partial charge < -0.3 is 9.47 Å². The fourth-order valence-electron chi connectivity index (χ4n) is 3.71. The van der Waals surface area contributed by atoms with Gasteiger partial charge in [0.15, 0.2) is 5.82 Å². The van der Waals surface area contributed by atoms with Gasteiger partial charge in [-0.25, -0.2) is 9.07 Å². The predicted molar refractivity (Wildman–Crippen MR) is 105 cm³/mol. The minimum Gasteiger partial charge on any atom is -0.308 e. The number of rotatable bonds is 3. The van der Waals surface area contributed by atoms with Crippen LogP contribution in [0.2, 0.25) is 0 Å². The van der Waals surface area contributed by atoms with Crippen molar-refractivity contribution < 1.29 is 9.18 Å². The van der Waals surface area contributed by atoms with Crippen molar-refractivity contribution >= 4 is 11.6 Å².